The van der Waals surface area contributed by atoms with Gasteiger partial charge in [0.05, 0.1) is 6.54 Å². The van der Waals surface area contributed by atoms with E-state index < -0.39 is 0 Å². The maximum absolute atomic E-state index is 12.0. The highest BCUT2D eigenvalue weighted by Gasteiger charge is 2.09. The molecule has 0 heterocycles. The fourth-order valence-corrected chi connectivity index (χ4v) is 1.96. The molecule has 0 bridgehead atoms. The van der Waals surface area contributed by atoms with Gasteiger partial charge in [-0.15, -0.1) is 0 Å². The molecule has 2 aromatic carbocycles. The predicted molar refractivity (Wildman–Crippen MR) is 85.6 cm³/mol. The number of benzene rings is 2. The average Bonchev–Trinajstić information content (AvgIpc) is 2.43. The Morgan fingerprint density at radius 2 is 2.05 bits per heavy atom. The molecule has 0 fully saturated rings. The molecule has 2 rings (SSSR count). The van der Waals surface area contributed by atoms with Crippen molar-refractivity contribution in [2.24, 2.45) is 0 Å². The Bertz CT molecular complexity index is 656. The summed E-state index contributed by atoms with van der Waals surface area (Å²) >= 11 is 0. The van der Waals surface area contributed by atoms with Crippen LogP contribution in [0.1, 0.15) is 5.56 Å². The van der Waals surface area contributed by atoms with E-state index in [0.717, 1.165) is 11.3 Å². The zero-order valence-electron chi connectivity index (χ0n) is 12.1. The van der Waals surface area contributed by atoms with Gasteiger partial charge in [0.15, 0.2) is 0 Å². The number of aryl methyl sites for hydroxylation is 1. The summed E-state index contributed by atoms with van der Waals surface area (Å²) in [7, 11) is 1.79. The Hall–Kier alpha value is -2.69. The number of nitrogens with two attached hydrogens (primary N) is 1. The minimum absolute atomic E-state index is 0.149. The van der Waals surface area contributed by atoms with Crippen molar-refractivity contribution < 1.29 is 9.90 Å². The molecule has 0 unspecified atom stereocenters. The van der Waals surface area contributed by atoms with Crippen molar-refractivity contribution in [1.82, 2.24) is 0 Å². The Balaban J connectivity index is 1.99. The third-order valence-corrected chi connectivity index (χ3v) is 3.21. The van der Waals surface area contributed by atoms with Crippen molar-refractivity contribution in [3.63, 3.8) is 0 Å². The molecule has 5 nitrogen and oxygen atoms in total. The van der Waals surface area contributed by atoms with Crippen LogP contribution >= 0.6 is 0 Å². The Kier molecular flexibility index (Phi) is 4.33. The number of carbonyl (C=O) groups excluding carboxylic acids is 1. The van der Waals surface area contributed by atoms with Gasteiger partial charge in [-0.1, -0.05) is 12.1 Å². The maximum Gasteiger partial charge on any atom is 0.243 e. The van der Waals surface area contributed by atoms with Crippen LogP contribution in [0.4, 0.5) is 17.1 Å². The summed E-state index contributed by atoms with van der Waals surface area (Å²) in [4.78, 5) is 13.8. The quantitative estimate of drug-likeness (QED) is 0.753. The first-order valence-electron chi connectivity index (χ1n) is 6.62. The average molecular weight is 285 g/mol. The Morgan fingerprint density at radius 1 is 1.29 bits per heavy atom. The molecule has 1 amide bonds. The number of hydrogen-bond donors (Lipinski definition) is 3. The molecular formula is C16H19N3O2. The van der Waals surface area contributed by atoms with Gasteiger partial charge in [0.25, 0.3) is 0 Å². The molecule has 4 N–H and O–H groups in total. The van der Waals surface area contributed by atoms with Crippen molar-refractivity contribution in [3.8, 4) is 5.75 Å². The van der Waals surface area contributed by atoms with Crippen LogP contribution in [0.5, 0.6) is 5.75 Å². The number of amides is 1. The molecular weight excluding hydrogens is 266 g/mol. The highest BCUT2D eigenvalue weighted by Crippen LogP contribution is 2.19. The molecule has 0 aliphatic carbocycles. The molecule has 0 saturated carbocycles. The molecule has 5 heteroatoms. The van der Waals surface area contributed by atoms with Crippen molar-refractivity contribution in [3.05, 3.63) is 48.0 Å². The van der Waals surface area contributed by atoms with E-state index in [4.69, 9.17) is 5.73 Å². The van der Waals surface area contributed by atoms with Crippen LogP contribution in [0.2, 0.25) is 0 Å². The summed E-state index contributed by atoms with van der Waals surface area (Å²) in [6.07, 6.45) is 0. The Labute approximate surface area is 124 Å². The van der Waals surface area contributed by atoms with E-state index in [1.54, 1.807) is 36.2 Å². The second-order valence-electron chi connectivity index (χ2n) is 5.00. The van der Waals surface area contributed by atoms with E-state index in [0.29, 0.717) is 11.4 Å². The van der Waals surface area contributed by atoms with Crippen molar-refractivity contribution in [2.45, 2.75) is 6.92 Å². The number of anilines is 3. The van der Waals surface area contributed by atoms with Crippen LogP contribution in [-0.2, 0) is 4.79 Å². The molecule has 21 heavy (non-hydrogen) atoms. The summed E-state index contributed by atoms with van der Waals surface area (Å²) in [5.41, 5.74) is 8.89. The maximum atomic E-state index is 12.0. The molecule has 0 saturated heterocycles. The summed E-state index contributed by atoms with van der Waals surface area (Å²) in [5.74, 6) is 0.0233. The molecule has 0 atom stereocenters. The minimum atomic E-state index is -0.149. The fourth-order valence-electron chi connectivity index (χ4n) is 1.96. The van der Waals surface area contributed by atoms with Gasteiger partial charge in [-0.3, -0.25) is 4.79 Å². The topological polar surface area (TPSA) is 78.6 Å². The first kappa shape index (κ1) is 14.7. The summed E-state index contributed by atoms with van der Waals surface area (Å²) in [5, 5.41) is 12.2. The monoisotopic (exact) mass is 285 g/mol. The third-order valence-electron chi connectivity index (χ3n) is 3.21. The van der Waals surface area contributed by atoms with E-state index in [2.05, 4.69) is 5.32 Å². The lowest BCUT2D eigenvalue weighted by Crippen LogP contribution is -2.30. The molecule has 110 valence electrons. The van der Waals surface area contributed by atoms with Crippen LogP contribution in [0, 0.1) is 6.92 Å². The molecule has 0 spiro atoms. The number of rotatable bonds is 4. The SMILES string of the molecule is Cc1ccc(NC(=O)CN(C)c2cccc(O)c2)cc1N. The number of aromatic hydroxyl groups is 1. The van der Waals surface area contributed by atoms with Gasteiger partial charge in [0, 0.05) is 30.2 Å². The lowest BCUT2D eigenvalue weighted by atomic mass is 10.2. The van der Waals surface area contributed by atoms with Crippen LogP contribution < -0.4 is 16.0 Å². The van der Waals surface area contributed by atoms with Gasteiger partial charge in [0.2, 0.25) is 5.91 Å². The smallest absolute Gasteiger partial charge is 0.243 e. The van der Waals surface area contributed by atoms with Gasteiger partial charge in [0.1, 0.15) is 5.75 Å². The number of hydrogen-bond acceptors (Lipinski definition) is 4. The van der Waals surface area contributed by atoms with Crippen molar-refractivity contribution >= 4 is 23.0 Å². The lowest BCUT2D eigenvalue weighted by molar-refractivity contribution is -0.114. The molecule has 0 aromatic heterocycles. The highest BCUT2D eigenvalue weighted by molar-refractivity contribution is 5.94. The first-order valence-corrected chi connectivity index (χ1v) is 6.62. The summed E-state index contributed by atoms with van der Waals surface area (Å²) < 4.78 is 0. The normalized spacial score (nSPS) is 10.2. The van der Waals surface area contributed by atoms with Crippen molar-refractivity contribution in [1.29, 1.82) is 0 Å². The van der Waals surface area contributed by atoms with Gasteiger partial charge < -0.3 is 21.1 Å². The van der Waals surface area contributed by atoms with Gasteiger partial charge in [-0.05, 0) is 36.8 Å². The first-order chi connectivity index (χ1) is 9.95. The van der Waals surface area contributed by atoms with E-state index >= 15 is 0 Å². The van der Waals surface area contributed by atoms with Gasteiger partial charge in [-0.2, -0.15) is 0 Å². The summed E-state index contributed by atoms with van der Waals surface area (Å²) in [6, 6.07) is 12.2. The number of nitrogens with zero attached hydrogens (tertiary/aromatic N) is 1. The minimum Gasteiger partial charge on any atom is -0.508 e. The Morgan fingerprint density at radius 3 is 2.71 bits per heavy atom. The largest absolute Gasteiger partial charge is 0.508 e. The fraction of sp³-hybridized carbons (Fsp3) is 0.188. The van der Waals surface area contributed by atoms with Crippen LogP contribution in [-0.4, -0.2) is 24.6 Å². The standard InChI is InChI=1S/C16H19N3O2/c1-11-6-7-12(8-15(11)17)18-16(21)10-19(2)13-4-3-5-14(20)9-13/h3-9,20H,10,17H2,1-2H3,(H,18,21). The number of phenolic OH excluding ortho intramolecular Hbond substituents is 1. The molecule has 2 aromatic rings. The second-order valence-corrected chi connectivity index (χ2v) is 5.00. The van der Waals surface area contributed by atoms with E-state index in [1.165, 1.54) is 0 Å². The predicted octanol–water partition coefficient (Wildman–Crippen LogP) is 2.36. The lowest BCUT2D eigenvalue weighted by Gasteiger charge is -2.19. The van der Waals surface area contributed by atoms with Crippen LogP contribution in [0.25, 0.3) is 0 Å². The third kappa shape index (κ3) is 3.89. The number of likely N-dealkylation sites (N-methyl/N-ethyl adjacent to an activating group) is 1. The molecule has 0 radical (unpaired) electrons. The highest BCUT2D eigenvalue weighted by atomic mass is 16.3. The summed E-state index contributed by atoms with van der Waals surface area (Å²) in [6.45, 7) is 2.09. The zero-order valence-corrected chi connectivity index (χ0v) is 12.1. The number of phenols is 1. The second kappa shape index (κ2) is 6.17. The molecule has 0 aliphatic rings. The van der Waals surface area contributed by atoms with Crippen LogP contribution in [0.3, 0.4) is 0 Å². The van der Waals surface area contributed by atoms with E-state index in [-0.39, 0.29) is 18.2 Å². The number of carbonyl (C=O) groups is 1. The van der Waals surface area contributed by atoms with E-state index in [9.17, 15) is 9.90 Å². The van der Waals surface area contributed by atoms with Crippen molar-refractivity contribution in [2.75, 3.05) is 29.5 Å². The van der Waals surface area contributed by atoms with Crippen LogP contribution in [0.15, 0.2) is 42.5 Å². The van der Waals surface area contributed by atoms with Gasteiger partial charge in [-0.25, -0.2) is 0 Å². The number of nitrogen functional groups attached to an aromatic ring is 1. The van der Waals surface area contributed by atoms with E-state index in [1.807, 2.05) is 25.1 Å². The van der Waals surface area contributed by atoms with Gasteiger partial charge >= 0.3 is 0 Å². The zero-order chi connectivity index (χ0) is 15.4. The number of nitrogens with one attached hydrogen (secondary N) is 1. The molecule has 0 aliphatic heterocycles.